The number of nitrogens with zero attached hydrogens (tertiary/aromatic N) is 3. The van der Waals surface area contributed by atoms with E-state index >= 15 is 0 Å². The molecule has 2 aromatic carbocycles. The smallest absolute Gasteiger partial charge is 0.262 e. The zero-order valence-corrected chi connectivity index (χ0v) is 19.0. The molecule has 0 aliphatic heterocycles. The Kier molecular flexibility index (Phi) is 6.41. The van der Waals surface area contributed by atoms with E-state index in [1.54, 1.807) is 22.8 Å². The van der Waals surface area contributed by atoms with Gasteiger partial charge in [-0.25, -0.2) is 4.98 Å². The highest BCUT2D eigenvalue weighted by atomic mass is 32.2. The third-order valence-electron chi connectivity index (χ3n) is 5.00. The molecular weight excluding hydrogens is 424 g/mol. The molecule has 32 heavy (non-hydrogen) atoms. The predicted octanol–water partition coefficient (Wildman–Crippen LogP) is 4.60. The van der Waals surface area contributed by atoms with Gasteiger partial charge in [0.1, 0.15) is 0 Å². The number of carbonyl (C=O) groups excluding carboxylic acids is 1. The van der Waals surface area contributed by atoms with Crippen LogP contribution in [0.2, 0.25) is 0 Å². The SMILES string of the molecule is Cc1ccc(Cn2c(SCC(=O)Nc3cc(C(C)C)no3)nc3ccccc3c2=O)cc1. The summed E-state index contributed by atoms with van der Waals surface area (Å²) in [6.07, 6.45) is 0. The number of rotatable bonds is 7. The second-order valence-corrected chi connectivity index (χ2v) is 8.84. The van der Waals surface area contributed by atoms with Crippen LogP contribution in [0.15, 0.2) is 69.1 Å². The summed E-state index contributed by atoms with van der Waals surface area (Å²) in [6, 6.07) is 17.0. The molecule has 7 nitrogen and oxygen atoms in total. The Bertz CT molecular complexity index is 1310. The van der Waals surface area contributed by atoms with Crippen LogP contribution in [0.3, 0.4) is 0 Å². The van der Waals surface area contributed by atoms with Crippen LogP contribution in [0, 0.1) is 6.92 Å². The molecule has 0 aliphatic rings. The highest BCUT2D eigenvalue weighted by Gasteiger charge is 2.15. The maximum atomic E-state index is 13.2. The van der Waals surface area contributed by atoms with Crippen molar-refractivity contribution in [2.75, 3.05) is 11.1 Å². The van der Waals surface area contributed by atoms with E-state index in [1.165, 1.54) is 11.8 Å². The van der Waals surface area contributed by atoms with Crippen LogP contribution in [-0.4, -0.2) is 26.4 Å². The van der Waals surface area contributed by atoms with Gasteiger partial charge in [0.05, 0.1) is 28.9 Å². The minimum absolute atomic E-state index is 0.0798. The van der Waals surface area contributed by atoms with Gasteiger partial charge in [-0.15, -0.1) is 0 Å². The van der Waals surface area contributed by atoms with Gasteiger partial charge in [0, 0.05) is 6.07 Å². The Hall–Kier alpha value is -3.39. The van der Waals surface area contributed by atoms with E-state index in [1.807, 2.05) is 57.2 Å². The highest BCUT2D eigenvalue weighted by Crippen LogP contribution is 2.21. The molecule has 2 aromatic heterocycles. The monoisotopic (exact) mass is 448 g/mol. The fourth-order valence-corrected chi connectivity index (χ4v) is 4.00. The summed E-state index contributed by atoms with van der Waals surface area (Å²) in [7, 11) is 0. The average Bonchev–Trinajstić information content (AvgIpc) is 3.25. The number of aryl methyl sites for hydroxylation is 1. The van der Waals surface area contributed by atoms with Crippen molar-refractivity contribution in [1.82, 2.24) is 14.7 Å². The summed E-state index contributed by atoms with van der Waals surface area (Å²) < 4.78 is 6.80. The molecule has 0 saturated heterocycles. The summed E-state index contributed by atoms with van der Waals surface area (Å²) in [5.41, 5.74) is 3.39. The first-order chi connectivity index (χ1) is 15.4. The molecule has 0 bridgehead atoms. The van der Waals surface area contributed by atoms with Crippen LogP contribution < -0.4 is 10.9 Å². The zero-order valence-electron chi connectivity index (χ0n) is 18.2. The van der Waals surface area contributed by atoms with Gasteiger partial charge in [-0.3, -0.25) is 19.5 Å². The second kappa shape index (κ2) is 9.40. The van der Waals surface area contributed by atoms with Gasteiger partial charge in [-0.1, -0.05) is 72.7 Å². The second-order valence-electron chi connectivity index (χ2n) is 7.90. The predicted molar refractivity (Wildman–Crippen MR) is 126 cm³/mol. The summed E-state index contributed by atoms with van der Waals surface area (Å²) in [4.78, 5) is 30.4. The summed E-state index contributed by atoms with van der Waals surface area (Å²) in [5.74, 6) is 0.335. The van der Waals surface area contributed by atoms with E-state index < -0.39 is 0 Å². The normalized spacial score (nSPS) is 11.2. The van der Waals surface area contributed by atoms with E-state index in [0.29, 0.717) is 28.5 Å². The summed E-state index contributed by atoms with van der Waals surface area (Å²) in [5, 5.41) is 7.70. The number of para-hydroxylation sites is 1. The van der Waals surface area contributed by atoms with Crippen molar-refractivity contribution in [3.8, 4) is 0 Å². The molecule has 0 saturated carbocycles. The number of hydrogen-bond acceptors (Lipinski definition) is 6. The van der Waals surface area contributed by atoms with Gasteiger partial charge in [-0.05, 0) is 30.5 Å². The fraction of sp³-hybridized carbons (Fsp3) is 0.250. The van der Waals surface area contributed by atoms with E-state index in [4.69, 9.17) is 4.52 Å². The van der Waals surface area contributed by atoms with E-state index in [2.05, 4.69) is 15.5 Å². The quantitative estimate of drug-likeness (QED) is 0.328. The Balaban J connectivity index is 1.58. The molecule has 2 heterocycles. The average molecular weight is 449 g/mol. The Morgan fingerprint density at radius 1 is 1.16 bits per heavy atom. The van der Waals surface area contributed by atoms with Crippen molar-refractivity contribution in [3.05, 3.63) is 81.8 Å². The third kappa shape index (κ3) is 4.91. The van der Waals surface area contributed by atoms with Gasteiger partial charge in [-0.2, -0.15) is 0 Å². The maximum Gasteiger partial charge on any atom is 0.262 e. The highest BCUT2D eigenvalue weighted by molar-refractivity contribution is 7.99. The molecule has 0 unspecified atom stereocenters. The van der Waals surface area contributed by atoms with Crippen LogP contribution in [-0.2, 0) is 11.3 Å². The van der Waals surface area contributed by atoms with Crippen molar-refractivity contribution in [1.29, 1.82) is 0 Å². The molecule has 0 spiro atoms. The summed E-state index contributed by atoms with van der Waals surface area (Å²) in [6.45, 7) is 6.39. The molecule has 1 amide bonds. The topological polar surface area (TPSA) is 90.0 Å². The van der Waals surface area contributed by atoms with Crippen LogP contribution >= 0.6 is 11.8 Å². The number of anilines is 1. The van der Waals surface area contributed by atoms with Crippen LogP contribution in [0.4, 0.5) is 5.88 Å². The summed E-state index contributed by atoms with van der Waals surface area (Å²) >= 11 is 1.22. The van der Waals surface area contributed by atoms with E-state index in [0.717, 1.165) is 16.8 Å². The number of benzene rings is 2. The fourth-order valence-electron chi connectivity index (χ4n) is 3.20. The van der Waals surface area contributed by atoms with Gasteiger partial charge in [0.15, 0.2) is 5.16 Å². The first kappa shape index (κ1) is 21.8. The third-order valence-corrected chi connectivity index (χ3v) is 5.98. The number of fused-ring (bicyclic) bond motifs is 1. The maximum absolute atomic E-state index is 13.2. The van der Waals surface area contributed by atoms with Gasteiger partial charge in [0.25, 0.3) is 5.56 Å². The number of aromatic nitrogens is 3. The lowest BCUT2D eigenvalue weighted by molar-refractivity contribution is -0.113. The van der Waals surface area contributed by atoms with Gasteiger partial charge in [0.2, 0.25) is 11.8 Å². The molecule has 0 aliphatic carbocycles. The Morgan fingerprint density at radius 3 is 2.62 bits per heavy atom. The molecule has 0 atom stereocenters. The Morgan fingerprint density at radius 2 is 1.91 bits per heavy atom. The van der Waals surface area contributed by atoms with Crippen molar-refractivity contribution in [3.63, 3.8) is 0 Å². The van der Waals surface area contributed by atoms with Gasteiger partial charge < -0.3 is 4.52 Å². The number of carbonyl (C=O) groups is 1. The number of amides is 1. The number of thioether (sulfide) groups is 1. The minimum Gasteiger partial charge on any atom is -0.338 e. The molecule has 1 N–H and O–H groups in total. The number of hydrogen-bond donors (Lipinski definition) is 1. The van der Waals surface area contributed by atoms with Crippen LogP contribution in [0.25, 0.3) is 10.9 Å². The van der Waals surface area contributed by atoms with Crippen molar-refractivity contribution in [2.45, 2.75) is 38.4 Å². The van der Waals surface area contributed by atoms with Gasteiger partial charge >= 0.3 is 0 Å². The van der Waals surface area contributed by atoms with E-state index in [9.17, 15) is 9.59 Å². The zero-order chi connectivity index (χ0) is 22.7. The van der Waals surface area contributed by atoms with E-state index in [-0.39, 0.29) is 23.1 Å². The van der Waals surface area contributed by atoms with Crippen molar-refractivity contribution in [2.24, 2.45) is 0 Å². The first-order valence-electron chi connectivity index (χ1n) is 10.3. The lowest BCUT2D eigenvalue weighted by Crippen LogP contribution is -2.24. The lowest BCUT2D eigenvalue weighted by atomic mass is 10.1. The Labute approximate surface area is 189 Å². The molecule has 0 radical (unpaired) electrons. The van der Waals surface area contributed by atoms with Crippen LogP contribution in [0.5, 0.6) is 0 Å². The largest absolute Gasteiger partial charge is 0.338 e. The molecule has 8 heteroatoms. The molecule has 4 rings (SSSR count). The van der Waals surface area contributed by atoms with Crippen molar-refractivity contribution >= 4 is 34.5 Å². The van der Waals surface area contributed by atoms with Crippen LogP contribution in [0.1, 0.15) is 36.6 Å². The molecule has 164 valence electrons. The molecular formula is C24H24N4O3S. The minimum atomic E-state index is -0.259. The molecule has 4 aromatic rings. The lowest BCUT2D eigenvalue weighted by Gasteiger charge is -2.13. The molecule has 0 fully saturated rings. The first-order valence-corrected chi connectivity index (χ1v) is 11.3. The number of nitrogens with one attached hydrogen (secondary N) is 1. The van der Waals surface area contributed by atoms with Crippen molar-refractivity contribution < 1.29 is 9.32 Å². The standard InChI is InChI=1S/C24H24N4O3S/c1-15(2)20-12-22(31-27-20)26-21(29)14-32-24-25-19-7-5-4-6-18(19)23(30)28(24)13-17-10-8-16(3)9-11-17/h4-12,15H,13-14H2,1-3H3,(H,26,29).